The van der Waals surface area contributed by atoms with Crippen LogP contribution in [-0.4, -0.2) is 39.8 Å². The molecule has 7 heteroatoms. The zero-order chi connectivity index (χ0) is 18.5. The Kier molecular flexibility index (Phi) is 6.53. The zero-order valence-electron chi connectivity index (χ0n) is 15.6. The Balaban J connectivity index is 1.50. The second-order valence-corrected chi connectivity index (χ2v) is 9.35. The Hall–Kier alpha value is -1.60. The van der Waals surface area contributed by atoms with Crippen LogP contribution in [0.15, 0.2) is 28.6 Å². The van der Waals surface area contributed by atoms with Crippen LogP contribution in [0.25, 0.3) is 0 Å². The van der Waals surface area contributed by atoms with E-state index in [0.29, 0.717) is 17.6 Å². The van der Waals surface area contributed by atoms with Crippen LogP contribution >= 0.6 is 23.1 Å². The highest BCUT2D eigenvalue weighted by molar-refractivity contribution is 8.01. The van der Waals surface area contributed by atoms with Crippen LogP contribution in [0.2, 0.25) is 0 Å². The van der Waals surface area contributed by atoms with Crippen LogP contribution in [0.3, 0.4) is 0 Å². The number of thioether (sulfide) groups is 1. The van der Waals surface area contributed by atoms with Gasteiger partial charge >= 0.3 is 0 Å². The number of nitrogens with one attached hydrogen (secondary N) is 1. The number of hydrogen-bond donors (Lipinski definition) is 1. The molecule has 0 spiro atoms. The van der Waals surface area contributed by atoms with E-state index in [0.717, 1.165) is 34.7 Å². The van der Waals surface area contributed by atoms with Crippen LogP contribution in [0.1, 0.15) is 45.1 Å². The van der Waals surface area contributed by atoms with Crippen LogP contribution in [0, 0.1) is 5.92 Å². The molecule has 0 radical (unpaired) electrons. The summed E-state index contributed by atoms with van der Waals surface area (Å²) in [5.74, 6) is 1.77. The van der Waals surface area contributed by atoms with Crippen molar-refractivity contribution in [3.8, 4) is 0 Å². The average Bonchev–Trinajstić information content (AvgIpc) is 3.07. The Labute approximate surface area is 163 Å². The van der Waals surface area contributed by atoms with E-state index in [1.165, 1.54) is 35.1 Å². The normalized spacial score (nSPS) is 17.5. The lowest BCUT2D eigenvalue weighted by atomic mass is 10.0. The summed E-state index contributed by atoms with van der Waals surface area (Å²) >= 11 is 2.96. The summed E-state index contributed by atoms with van der Waals surface area (Å²) in [6.45, 7) is 8.35. The summed E-state index contributed by atoms with van der Waals surface area (Å²) in [6.07, 6.45) is 2.33. The van der Waals surface area contributed by atoms with Crippen LogP contribution in [-0.2, 0) is 4.79 Å². The van der Waals surface area contributed by atoms with Crippen LogP contribution in [0.4, 0.5) is 10.8 Å². The Morgan fingerprint density at radius 2 is 2.12 bits per heavy atom. The molecule has 2 aromatic rings. The molecule has 1 aliphatic heterocycles. The molecule has 140 valence electrons. The Morgan fingerprint density at radius 3 is 2.81 bits per heavy atom. The van der Waals surface area contributed by atoms with Crippen molar-refractivity contribution >= 4 is 39.8 Å². The molecule has 1 aromatic heterocycles. The summed E-state index contributed by atoms with van der Waals surface area (Å²) in [4.78, 5) is 14.3. The van der Waals surface area contributed by atoms with E-state index >= 15 is 0 Å². The molecule has 1 aromatic carbocycles. The lowest BCUT2D eigenvalue weighted by Gasteiger charge is -2.30. The minimum Gasteiger partial charge on any atom is -0.342 e. The highest BCUT2D eigenvalue weighted by Crippen LogP contribution is 2.29. The predicted molar refractivity (Wildman–Crippen MR) is 109 cm³/mol. The third-order valence-electron chi connectivity index (χ3n) is 4.56. The van der Waals surface area contributed by atoms with E-state index < -0.39 is 0 Å². The van der Waals surface area contributed by atoms with Gasteiger partial charge in [0.05, 0.1) is 5.75 Å². The summed E-state index contributed by atoms with van der Waals surface area (Å²) in [7, 11) is 0. The molecule has 0 unspecified atom stereocenters. The molecule has 1 N–H and O–H groups in total. The molecule has 26 heavy (non-hydrogen) atoms. The number of hydrogen-bond acceptors (Lipinski definition) is 6. The molecular weight excluding hydrogens is 364 g/mol. The van der Waals surface area contributed by atoms with E-state index in [9.17, 15) is 4.79 Å². The van der Waals surface area contributed by atoms with Gasteiger partial charge < -0.3 is 10.2 Å². The zero-order valence-corrected chi connectivity index (χ0v) is 17.2. The number of piperidine rings is 1. The second kappa shape index (κ2) is 8.86. The van der Waals surface area contributed by atoms with Gasteiger partial charge in [0.15, 0.2) is 4.34 Å². The minimum absolute atomic E-state index is 0.204. The molecule has 0 bridgehead atoms. The SMILES string of the molecule is CC(C)c1ccc(Nc2nnc(SCC(=O)N3CCC[C@H](C)C3)s2)cc1. The van der Waals surface area contributed by atoms with Crippen LogP contribution in [0.5, 0.6) is 0 Å². The predicted octanol–water partition coefficient (Wildman–Crippen LogP) is 4.76. The summed E-state index contributed by atoms with van der Waals surface area (Å²) in [5, 5.41) is 12.4. The molecule has 1 saturated heterocycles. The first-order valence-corrected chi connectivity index (χ1v) is 10.9. The third-order valence-corrected chi connectivity index (χ3v) is 6.52. The molecule has 3 rings (SSSR count). The number of benzene rings is 1. The van der Waals surface area contributed by atoms with Crippen molar-refractivity contribution in [2.45, 2.75) is 43.9 Å². The highest BCUT2D eigenvalue weighted by atomic mass is 32.2. The number of amides is 1. The molecular formula is C19H26N4OS2. The largest absolute Gasteiger partial charge is 0.342 e. The van der Waals surface area contributed by atoms with Crippen molar-refractivity contribution in [2.24, 2.45) is 5.92 Å². The summed E-state index contributed by atoms with van der Waals surface area (Å²) < 4.78 is 0.824. The van der Waals surface area contributed by atoms with Gasteiger partial charge in [0.1, 0.15) is 0 Å². The second-order valence-electron chi connectivity index (χ2n) is 7.15. The monoisotopic (exact) mass is 390 g/mol. The number of carbonyl (C=O) groups excluding carboxylic acids is 1. The van der Waals surface area contributed by atoms with Crippen molar-refractivity contribution < 1.29 is 4.79 Å². The summed E-state index contributed by atoms with van der Waals surface area (Å²) in [6, 6.07) is 8.37. The number of anilines is 2. The molecule has 1 atom stereocenters. The minimum atomic E-state index is 0.204. The Morgan fingerprint density at radius 1 is 1.35 bits per heavy atom. The fraction of sp³-hybridized carbons (Fsp3) is 0.526. The maximum Gasteiger partial charge on any atom is 0.233 e. The molecule has 1 amide bonds. The van der Waals surface area contributed by atoms with Gasteiger partial charge in [0.2, 0.25) is 11.0 Å². The first kappa shape index (κ1) is 19.2. The molecule has 1 aliphatic rings. The lowest BCUT2D eigenvalue weighted by molar-refractivity contribution is -0.130. The molecule has 0 saturated carbocycles. The van der Waals surface area contributed by atoms with Gasteiger partial charge in [-0.05, 0) is 42.4 Å². The van der Waals surface area contributed by atoms with Gasteiger partial charge in [-0.1, -0.05) is 56.0 Å². The number of likely N-dealkylation sites (tertiary alicyclic amines) is 1. The van der Waals surface area contributed by atoms with Gasteiger partial charge in [0, 0.05) is 18.8 Å². The maximum atomic E-state index is 12.3. The lowest BCUT2D eigenvalue weighted by Crippen LogP contribution is -2.40. The first-order chi connectivity index (χ1) is 12.5. The van der Waals surface area contributed by atoms with E-state index in [-0.39, 0.29) is 5.91 Å². The highest BCUT2D eigenvalue weighted by Gasteiger charge is 2.21. The molecule has 1 fully saturated rings. The van der Waals surface area contributed by atoms with Crippen molar-refractivity contribution in [3.63, 3.8) is 0 Å². The maximum absolute atomic E-state index is 12.3. The van der Waals surface area contributed by atoms with Crippen molar-refractivity contribution in [3.05, 3.63) is 29.8 Å². The fourth-order valence-electron chi connectivity index (χ4n) is 3.02. The van der Waals surface area contributed by atoms with E-state index in [4.69, 9.17) is 0 Å². The van der Waals surface area contributed by atoms with Gasteiger partial charge in [-0.15, -0.1) is 10.2 Å². The quantitative estimate of drug-likeness (QED) is 0.721. The van der Waals surface area contributed by atoms with Gasteiger partial charge in [-0.25, -0.2) is 0 Å². The topological polar surface area (TPSA) is 58.1 Å². The number of carbonyl (C=O) groups is 1. The van der Waals surface area contributed by atoms with E-state index in [1.54, 1.807) is 0 Å². The average molecular weight is 391 g/mol. The van der Waals surface area contributed by atoms with Gasteiger partial charge in [-0.2, -0.15) is 0 Å². The number of aromatic nitrogens is 2. The van der Waals surface area contributed by atoms with Gasteiger partial charge in [0.25, 0.3) is 0 Å². The van der Waals surface area contributed by atoms with E-state index in [2.05, 4.69) is 60.6 Å². The van der Waals surface area contributed by atoms with Crippen LogP contribution < -0.4 is 5.32 Å². The molecule has 0 aliphatic carbocycles. The molecule has 5 nitrogen and oxygen atoms in total. The van der Waals surface area contributed by atoms with Crippen molar-refractivity contribution in [2.75, 3.05) is 24.2 Å². The number of nitrogens with zero attached hydrogens (tertiary/aromatic N) is 3. The summed E-state index contributed by atoms with van der Waals surface area (Å²) in [5.41, 5.74) is 2.31. The van der Waals surface area contributed by atoms with Crippen molar-refractivity contribution in [1.82, 2.24) is 15.1 Å². The number of rotatable bonds is 6. The smallest absolute Gasteiger partial charge is 0.233 e. The fourth-order valence-corrected chi connectivity index (χ4v) is 4.70. The first-order valence-electron chi connectivity index (χ1n) is 9.12. The Bertz CT molecular complexity index is 729. The van der Waals surface area contributed by atoms with Crippen molar-refractivity contribution in [1.29, 1.82) is 0 Å². The van der Waals surface area contributed by atoms with E-state index in [1.807, 2.05) is 4.90 Å². The van der Waals surface area contributed by atoms with Gasteiger partial charge in [-0.3, -0.25) is 4.79 Å². The third kappa shape index (κ3) is 5.20. The molecule has 2 heterocycles. The standard InChI is InChI=1S/C19H26N4OS2/c1-13(2)15-6-8-16(9-7-15)20-18-21-22-19(26-18)25-12-17(24)23-10-4-5-14(3)11-23/h6-9,13-14H,4-5,10-12H2,1-3H3,(H,20,21)/t14-/m0/s1.